The van der Waals surface area contributed by atoms with E-state index in [9.17, 15) is 13.2 Å². The fraction of sp³-hybridized carbons (Fsp3) is 0.312. The molecule has 0 aliphatic rings. The summed E-state index contributed by atoms with van der Waals surface area (Å²) in [5.74, 6) is -0.224. The van der Waals surface area contributed by atoms with E-state index < -0.39 is 21.5 Å². The number of amidine groups is 1. The van der Waals surface area contributed by atoms with E-state index in [0.29, 0.717) is 13.6 Å². The molecule has 0 spiro atoms. The number of carbonyl (C=O) groups excluding carboxylic acids is 1. The van der Waals surface area contributed by atoms with Crippen LogP contribution in [0.15, 0.2) is 43.0 Å². The van der Waals surface area contributed by atoms with Crippen LogP contribution in [0.1, 0.15) is 25.6 Å². The molecule has 0 unspecified atom stereocenters. The predicted octanol–water partition coefficient (Wildman–Crippen LogP) is 4.31. The Morgan fingerprint density at radius 3 is 2.56 bits per heavy atom. The second-order valence-corrected chi connectivity index (χ2v) is 11.3. The molecule has 0 saturated carbocycles. The Labute approximate surface area is 174 Å². The van der Waals surface area contributed by atoms with Crippen molar-refractivity contribution in [3.05, 3.63) is 33.9 Å². The van der Waals surface area contributed by atoms with Crippen LogP contribution in [0.5, 0.6) is 0 Å². The first-order valence-electron chi connectivity index (χ1n) is 7.56. The van der Waals surface area contributed by atoms with Crippen LogP contribution in [0.3, 0.4) is 0 Å². The summed E-state index contributed by atoms with van der Waals surface area (Å²) in [6, 6.07) is 2.85. The van der Waals surface area contributed by atoms with Gasteiger partial charge in [-0.15, -0.1) is 23.1 Å². The molecule has 0 radical (unpaired) electrons. The molecular weight excluding hydrogens is 474 g/mol. The van der Waals surface area contributed by atoms with Crippen LogP contribution in [0.4, 0.5) is 4.79 Å². The molecule has 2 heterocycles. The summed E-state index contributed by atoms with van der Waals surface area (Å²) in [4.78, 5) is 16.2. The number of ether oxygens (including phenoxy) is 1. The number of hydrogen-bond donors (Lipinski definition) is 2. The number of carbonyl (C=O) groups is 1. The summed E-state index contributed by atoms with van der Waals surface area (Å²) in [6.45, 7) is 5.14. The molecule has 0 saturated heterocycles. The highest BCUT2D eigenvalue weighted by Crippen LogP contribution is 2.37. The number of nitrogens with one attached hydrogen (secondary N) is 2. The number of sulfone groups is 1. The number of pyridine rings is 1. The Hall–Kier alpha value is -1.43. The minimum absolute atomic E-state index is 0.0446. The van der Waals surface area contributed by atoms with Crippen molar-refractivity contribution in [2.45, 2.75) is 40.4 Å². The van der Waals surface area contributed by atoms with Gasteiger partial charge in [-0.25, -0.2) is 13.2 Å². The van der Waals surface area contributed by atoms with E-state index in [1.807, 2.05) is 0 Å². The van der Waals surface area contributed by atoms with Gasteiger partial charge in [0.05, 0.1) is 18.9 Å². The van der Waals surface area contributed by atoms with Crippen molar-refractivity contribution in [1.29, 1.82) is 5.41 Å². The first-order valence-corrected chi connectivity index (χ1v) is 11.9. The van der Waals surface area contributed by atoms with Gasteiger partial charge < -0.3 is 4.74 Å². The maximum absolute atomic E-state index is 13.0. The fourth-order valence-electron chi connectivity index (χ4n) is 1.94. The van der Waals surface area contributed by atoms with Gasteiger partial charge >= 0.3 is 6.09 Å². The molecule has 0 aromatic carbocycles. The van der Waals surface area contributed by atoms with E-state index in [0.717, 1.165) is 11.3 Å². The van der Waals surface area contributed by atoms with Crippen LogP contribution < -0.4 is 5.32 Å². The second-order valence-electron chi connectivity index (χ2n) is 6.31. The van der Waals surface area contributed by atoms with Gasteiger partial charge in [-0.1, -0.05) is 0 Å². The number of thiophene rings is 1. The third-order valence-corrected chi connectivity index (χ3v) is 7.73. The Balaban J connectivity index is 2.35. The highest BCUT2D eigenvalue weighted by Gasteiger charge is 2.26. The zero-order chi connectivity index (χ0) is 20.4. The SMILES string of the molecule is CSc1sc(C(=N)NC(=O)OC(C)(C)C)cc1S(=O)(=O)c1cncc(Br)c1. The van der Waals surface area contributed by atoms with Gasteiger partial charge in [-0.05, 0) is 55.1 Å². The molecule has 7 nitrogen and oxygen atoms in total. The van der Waals surface area contributed by atoms with Crippen molar-refractivity contribution in [2.75, 3.05) is 6.26 Å². The maximum atomic E-state index is 13.0. The van der Waals surface area contributed by atoms with E-state index >= 15 is 0 Å². The fourth-order valence-corrected chi connectivity index (χ4v) is 6.35. The maximum Gasteiger partial charge on any atom is 0.413 e. The molecule has 2 aromatic rings. The van der Waals surface area contributed by atoms with Gasteiger partial charge in [0.25, 0.3) is 0 Å². The molecule has 0 fully saturated rings. The summed E-state index contributed by atoms with van der Waals surface area (Å²) in [5, 5.41) is 10.4. The van der Waals surface area contributed by atoms with Crippen LogP contribution in [0, 0.1) is 5.41 Å². The molecule has 0 aliphatic carbocycles. The van der Waals surface area contributed by atoms with Crippen molar-refractivity contribution in [3.8, 4) is 0 Å². The first-order chi connectivity index (χ1) is 12.4. The Kier molecular flexibility index (Phi) is 6.72. The monoisotopic (exact) mass is 491 g/mol. The molecule has 1 amide bonds. The summed E-state index contributed by atoms with van der Waals surface area (Å²) >= 11 is 5.58. The normalized spacial score (nSPS) is 11.9. The minimum Gasteiger partial charge on any atom is -0.444 e. The molecule has 0 aliphatic heterocycles. The smallest absolute Gasteiger partial charge is 0.413 e. The van der Waals surface area contributed by atoms with E-state index in [1.54, 1.807) is 27.0 Å². The molecule has 0 bridgehead atoms. The third kappa shape index (κ3) is 5.53. The largest absolute Gasteiger partial charge is 0.444 e. The summed E-state index contributed by atoms with van der Waals surface area (Å²) < 4.78 is 32.1. The van der Waals surface area contributed by atoms with Crippen molar-refractivity contribution >= 4 is 60.8 Å². The predicted molar refractivity (Wildman–Crippen MR) is 110 cm³/mol. The van der Waals surface area contributed by atoms with Gasteiger partial charge in [0.1, 0.15) is 11.4 Å². The van der Waals surface area contributed by atoms with Gasteiger partial charge in [0.15, 0.2) is 0 Å². The standard InChI is InChI=1S/C16H18BrN3O4S3/c1-16(2,3)24-15(21)20-13(18)11-6-12(14(25-4)26-11)27(22,23)10-5-9(17)7-19-8-10/h5-8H,1-4H3,(H2,18,20,21). The number of hydrogen-bond acceptors (Lipinski definition) is 8. The van der Waals surface area contributed by atoms with E-state index in [2.05, 4.69) is 26.2 Å². The number of amides is 1. The number of aromatic nitrogens is 1. The zero-order valence-electron chi connectivity index (χ0n) is 15.0. The topological polar surface area (TPSA) is 109 Å². The van der Waals surface area contributed by atoms with Crippen LogP contribution in [-0.4, -0.2) is 37.2 Å². The van der Waals surface area contributed by atoms with Crippen LogP contribution >= 0.6 is 39.0 Å². The lowest BCUT2D eigenvalue weighted by Gasteiger charge is -2.19. The van der Waals surface area contributed by atoms with Crippen molar-refractivity contribution < 1.29 is 17.9 Å². The number of nitrogens with zero attached hydrogens (tertiary/aromatic N) is 1. The van der Waals surface area contributed by atoms with Crippen LogP contribution in [0.25, 0.3) is 0 Å². The molecule has 2 rings (SSSR count). The van der Waals surface area contributed by atoms with Gasteiger partial charge in [0, 0.05) is 16.9 Å². The number of alkyl carbamates (subject to hydrolysis) is 1. The van der Waals surface area contributed by atoms with Gasteiger partial charge in [-0.3, -0.25) is 15.7 Å². The minimum atomic E-state index is -3.82. The van der Waals surface area contributed by atoms with E-state index in [-0.39, 0.29) is 15.6 Å². The molecule has 146 valence electrons. The van der Waals surface area contributed by atoms with Crippen LogP contribution in [0.2, 0.25) is 0 Å². The Morgan fingerprint density at radius 2 is 2.00 bits per heavy atom. The van der Waals surface area contributed by atoms with Gasteiger partial charge in [-0.2, -0.15) is 0 Å². The van der Waals surface area contributed by atoms with E-state index in [4.69, 9.17) is 10.1 Å². The number of thioether (sulfide) groups is 1. The molecule has 0 atom stereocenters. The molecular formula is C16H18BrN3O4S3. The quantitative estimate of drug-likeness (QED) is 0.374. The number of rotatable bonds is 4. The van der Waals surface area contributed by atoms with Crippen LogP contribution in [-0.2, 0) is 14.6 Å². The first kappa shape index (κ1) is 21.9. The van der Waals surface area contributed by atoms with E-state index in [1.165, 1.54) is 36.3 Å². The molecule has 2 N–H and O–H groups in total. The lowest BCUT2D eigenvalue weighted by atomic mass is 10.2. The van der Waals surface area contributed by atoms with Gasteiger partial charge in [0.2, 0.25) is 9.84 Å². The summed E-state index contributed by atoms with van der Waals surface area (Å²) in [6.07, 6.45) is 3.74. The third-order valence-electron chi connectivity index (χ3n) is 3.00. The highest BCUT2D eigenvalue weighted by atomic mass is 79.9. The highest BCUT2D eigenvalue weighted by molar-refractivity contribution is 9.10. The summed E-state index contributed by atoms with van der Waals surface area (Å²) in [7, 11) is -3.82. The second kappa shape index (κ2) is 8.29. The lowest BCUT2D eigenvalue weighted by molar-refractivity contribution is 0.0563. The van der Waals surface area contributed by atoms with Crippen molar-refractivity contribution in [3.63, 3.8) is 0 Å². The molecule has 11 heteroatoms. The average Bonchev–Trinajstić information content (AvgIpc) is 2.98. The number of halogens is 1. The zero-order valence-corrected chi connectivity index (χ0v) is 19.0. The lowest BCUT2D eigenvalue weighted by Crippen LogP contribution is -2.36. The molecule has 27 heavy (non-hydrogen) atoms. The Bertz CT molecular complexity index is 981. The summed E-state index contributed by atoms with van der Waals surface area (Å²) in [5.41, 5.74) is -0.702. The Morgan fingerprint density at radius 1 is 1.33 bits per heavy atom. The molecule has 2 aromatic heterocycles. The van der Waals surface area contributed by atoms with Crippen molar-refractivity contribution in [2.24, 2.45) is 0 Å². The van der Waals surface area contributed by atoms with Crippen molar-refractivity contribution in [1.82, 2.24) is 10.3 Å². The average molecular weight is 492 g/mol.